The van der Waals surface area contributed by atoms with Crippen LogP contribution in [0.4, 0.5) is 21.9 Å². The highest BCUT2D eigenvalue weighted by atomic mass is 35.5. The van der Waals surface area contributed by atoms with E-state index in [1.54, 1.807) is 60.7 Å². The third kappa shape index (κ3) is 4.99. The fourth-order valence-corrected chi connectivity index (χ4v) is 3.28. The number of carbonyl (C=O) groups excluding carboxylic acids is 2. The van der Waals surface area contributed by atoms with Crippen molar-refractivity contribution in [3.63, 3.8) is 0 Å². The predicted molar refractivity (Wildman–Crippen MR) is 125 cm³/mol. The first-order valence-electron chi connectivity index (χ1n) is 9.59. The SMILES string of the molecule is Cc1cc(NC(=O)c2ccccc2)c2cc(NC(=O)Nc3ccc(Cl)cc3)ccc2n1. The summed E-state index contributed by atoms with van der Waals surface area (Å²) in [6.45, 7) is 1.86. The number of pyridine rings is 1. The zero-order valence-electron chi connectivity index (χ0n) is 16.6. The number of benzene rings is 3. The zero-order valence-corrected chi connectivity index (χ0v) is 17.4. The van der Waals surface area contributed by atoms with Crippen LogP contribution in [0.2, 0.25) is 5.02 Å². The summed E-state index contributed by atoms with van der Waals surface area (Å²) in [6, 6.07) is 22.6. The van der Waals surface area contributed by atoms with E-state index in [-0.39, 0.29) is 5.91 Å². The van der Waals surface area contributed by atoms with Crippen LogP contribution in [0.25, 0.3) is 10.9 Å². The number of carbonyl (C=O) groups is 2. The van der Waals surface area contributed by atoms with E-state index < -0.39 is 6.03 Å². The minimum absolute atomic E-state index is 0.216. The Hall–Kier alpha value is -3.90. The van der Waals surface area contributed by atoms with E-state index in [4.69, 9.17) is 11.6 Å². The number of halogens is 1. The van der Waals surface area contributed by atoms with Crippen molar-refractivity contribution in [3.8, 4) is 0 Å². The van der Waals surface area contributed by atoms with Crippen molar-refractivity contribution in [1.29, 1.82) is 0 Å². The van der Waals surface area contributed by atoms with Crippen LogP contribution in [-0.4, -0.2) is 16.9 Å². The van der Waals surface area contributed by atoms with Gasteiger partial charge in [-0.1, -0.05) is 29.8 Å². The molecule has 0 aliphatic heterocycles. The van der Waals surface area contributed by atoms with Crippen LogP contribution < -0.4 is 16.0 Å². The van der Waals surface area contributed by atoms with Gasteiger partial charge < -0.3 is 16.0 Å². The van der Waals surface area contributed by atoms with Crippen LogP contribution >= 0.6 is 11.6 Å². The Morgan fingerprint density at radius 2 is 1.48 bits per heavy atom. The van der Waals surface area contributed by atoms with Crippen LogP contribution in [0.1, 0.15) is 16.1 Å². The van der Waals surface area contributed by atoms with Crippen molar-refractivity contribution in [2.45, 2.75) is 6.92 Å². The van der Waals surface area contributed by atoms with Gasteiger partial charge in [-0.05, 0) is 67.6 Å². The maximum Gasteiger partial charge on any atom is 0.323 e. The lowest BCUT2D eigenvalue weighted by atomic mass is 10.1. The normalized spacial score (nSPS) is 10.5. The highest BCUT2D eigenvalue weighted by Gasteiger charge is 2.11. The van der Waals surface area contributed by atoms with Gasteiger partial charge in [0.1, 0.15) is 0 Å². The largest absolute Gasteiger partial charge is 0.323 e. The molecule has 154 valence electrons. The maximum atomic E-state index is 12.6. The van der Waals surface area contributed by atoms with E-state index in [0.29, 0.717) is 33.2 Å². The van der Waals surface area contributed by atoms with Gasteiger partial charge in [-0.2, -0.15) is 0 Å². The fourth-order valence-electron chi connectivity index (χ4n) is 3.15. The Kier molecular flexibility index (Phi) is 5.82. The van der Waals surface area contributed by atoms with Gasteiger partial charge in [0.2, 0.25) is 0 Å². The molecule has 0 aliphatic carbocycles. The second-order valence-corrected chi connectivity index (χ2v) is 7.39. The number of anilines is 3. The van der Waals surface area contributed by atoms with E-state index in [0.717, 1.165) is 11.1 Å². The van der Waals surface area contributed by atoms with Crippen molar-refractivity contribution in [2.75, 3.05) is 16.0 Å². The van der Waals surface area contributed by atoms with E-state index >= 15 is 0 Å². The van der Waals surface area contributed by atoms with Gasteiger partial charge in [0, 0.05) is 33.0 Å². The summed E-state index contributed by atoms with van der Waals surface area (Å²) in [4.78, 5) is 29.5. The van der Waals surface area contributed by atoms with Crippen molar-refractivity contribution >= 4 is 51.5 Å². The molecule has 0 saturated carbocycles. The number of urea groups is 1. The molecule has 7 heteroatoms. The van der Waals surface area contributed by atoms with Gasteiger partial charge in [-0.3, -0.25) is 9.78 Å². The second-order valence-electron chi connectivity index (χ2n) is 6.95. The Balaban J connectivity index is 1.58. The zero-order chi connectivity index (χ0) is 21.8. The Morgan fingerprint density at radius 3 is 2.23 bits per heavy atom. The molecule has 1 aromatic heterocycles. The van der Waals surface area contributed by atoms with Gasteiger partial charge in [0.15, 0.2) is 0 Å². The molecular weight excluding hydrogens is 412 g/mol. The number of aromatic nitrogens is 1. The summed E-state index contributed by atoms with van der Waals surface area (Å²) < 4.78 is 0. The first-order chi connectivity index (χ1) is 15.0. The lowest BCUT2D eigenvalue weighted by Gasteiger charge is -2.12. The minimum atomic E-state index is -0.392. The summed E-state index contributed by atoms with van der Waals surface area (Å²) in [5, 5.41) is 9.81. The van der Waals surface area contributed by atoms with Gasteiger partial charge in [0.25, 0.3) is 5.91 Å². The Morgan fingerprint density at radius 1 is 0.806 bits per heavy atom. The maximum absolute atomic E-state index is 12.6. The number of rotatable bonds is 4. The third-order valence-corrected chi connectivity index (χ3v) is 4.83. The van der Waals surface area contributed by atoms with Crippen molar-refractivity contribution < 1.29 is 9.59 Å². The molecule has 4 rings (SSSR count). The number of hydrogen-bond acceptors (Lipinski definition) is 3. The highest BCUT2D eigenvalue weighted by Crippen LogP contribution is 2.27. The van der Waals surface area contributed by atoms with Crippen LogP contribution in [-0.2, 0) is 0 Å². The average molecular weight is 431 g/mol. The fraction of sp³-hybridized carbons (Fsp3) is 0.0417. The van der Waals surface area contributed by atoms with Crippen molar-refractivity contribution in [3.05, 3.63) is 95.1 Å². The number of amides is 3. The molecule has 0 saturated heterocycles. The number of nitrogens with zero attached hydrogens (tertiary/aromatic N) is 1. The van der Waals surface area contributed by atoms with Gasteiger partial charge in [-0.25, -0.2) is 4.79 Å². The first kappa shape index (κ1) is 20.4. The number of nitrogens with one attached hydrogen (secondary N) is 3. The molecular formula is C24H19ClN4O2. The van der Waals surface area contributed by atoms with Crippen molar-refractivity contribution in [1.82, 2.24) is 4.98 Å². The molecule has 6 nitrogen and oxygen atoms in total. The minimum Gasteiger partial charge on any atom is -0.321 e. The summed E-state index contributed by atoms with van der Waals surface area (Å²) in [7, 11) is 0. The van der Waals surface area contributed by atoms with Gasteiger partial charge in [-0.15, -0.1) is 0 Å². The topological polar surface area (TPSA) is 83.1 Å². The van der Waals surface area contributed by atoms with E-state index in [1.165, 1.54) is 0 Å². The summed E-state index contributed by atoms with van der Waals surface area (Å²) in [5.74, 6) is -0.216. The van der Waals surface area contributed by atoms with Crippen LogP contribution in [0, 0.1) is 6.92 Å². The van der Waals surface area contributed by atoms with Crippen LogP contribution in [0.5, 0.6) is 0 Å². The first-order valence-corrected chi connectivity index (χ1v) is 9.97. The third-order valence-electron chi connectivity index (χ3n) is 4.58. The number of fused-ring (bicyclic) bond motifs is 1. The van der Waals surface area contributed by atoms with Crippen molar-refractivity contribution in [2.24, 2.45) is 0 Å². The Bertz CT molecular complexity index is 1260. The van der Waals surface area contributed by atoms with Gasteiger partial charge in [0.05, 0.1) is 11.2 Å². The van der Waals surface area contributed by atoms with Crippen LogP contribution in [0.3, 0.4) is 0 Å². The molecule has 4 aromatic rings. The molecule has 0 unspecified atom stereocenters. The highest BCUT2D eigenvalue weighted by molar-refractivity contribution is 6.30. The molecule has 3 amide bonds. The second kappa shape index (κ2) is 8.85. The molecule has 0 aliphatic rings. The smallest absolute Gasteiger partial charge is 0.321 e. The Labute approximate surface area is 184 Å². The van der Waals surface area contributed by atoms with Gasteiger partial charge >= 0.3 is 6.03 Å². The standard InChI is InChI=1S/C24H19ClN4O2/c1-15-13-22(29-23(30)16-5-3-2-4-6-16)20-14-19(11-12-21(20)26-15)28-24(31)27-18-9-7-17(25)8-10-18/h2-14H,1H3,(H,26,29,30)(H2,27,28,31). The molecule has 0 spiro atoms. The van der Waals surface area contributed by atoms with E-state index in [2.05, 4.69) is 20.9 Å². The molecule has 1 heterocycles. The summed E-state index contributed by atoms with van der Waals surface area (Å²) in [5.41, 5.74) is 3.86. The molecule has 0 fully saturated rings. The predicted octanol–water partition coefficient (Wildman–Crippen LogP) is 6.09. The van der Waals surface area contributed by atoms with E-state index in [1.807, 2.05) is 25.1 Å². The molecule has 0 bridgehead atoms. The summed E-state index contributed by atoms with van der Waals surface area (Å²) >= 11 is 5.87. The number of aryl methyl sites for hydroxylation is 1. The van der Waals surface area contributed by atoms with Crippen LogP contribution in [0.15, 0.2) is 78.9 Å². The summed E-state index contributed by atoms with van der Waals surface area (Å²) in [6.07, 6.45) is 0. The average Bonchev–Trinajstić information content (AvgIpc) is 2.76. The quantitative estimate of drug-likeness (QED) is 0.366. The molecule has 0 radical (unpaired) electrons. The monoisotopic (exact) mass is 430 g/mol. The lowest BCUT2D eigenvalue weighted by Crippen LogP contribution is -2.19. The number of hydrogen-bond donors (Lipinski definition) is 3. The molecule has 0 atom stereocenters. The van der Waals surface area contributed by atoms with E-state index in [9.17, 15) is 9.59 Å². The molecule has 31 heavy (non-hydrogen) atoms. The molecule has 3 N–H and O–H groups in total. The molecule has 3 aromatic carbocycles. The lowest BCUT2D eigenvalue weighted by molar-refractivity contribution is 0.102.